The van der Waals surface area contributed by atoms with Crippen LogP contribution in [0.1, 0.15) is 30.2 Å². The minimum absolute atomic E-state index is 0.00850. The first-order valence-electron chi connectivity index (χ1n) is 10.6. The van der Waals surface area contributed by atoms with Gasteiger partial charge in [-0.15, -0.1) is 0 Å². The lowest BCUT2D eigenvalue weighted by Gasteiger charge is -2.25. The zero-order valence-electron chi connectivity index (χ0n) is 18.4. The first-order valence-corrected chi connectivity index (χ1v) is 10.6. The Kier molecular flexibility index (Phi) is 5.31. The summed E-state index contributed by atoms with van der Waals surface area (Å²) >= 11 is 0. The van der Waals surface area contributed by atoms with E-state index in [2.05, 4.69) is 20.5 Å². The number of carbonyl (C=O) groups excluding carboxylic acids is 1. The van der Waals surface area contributed by atoms with Gasteiger partial charge in [0.15, 0.2) is 5.84 Å². The summed E-state index contributed by atoms with van der Waals surface area (Å²) in [5, 5.41) is 6.18. The molecule has 0 aromatic carbocycles. The first-order chi connectivity index (χ1) is 16.2. The Morgan fingerprint density at radius 2 is 2.06 bits per heavy atom. The van der Waals surface area contributed by atoms with Crippen molar-refractivity contribution in [3.63, 3.8) is 0 Å². The number of likely N-dealkylation sites (N-methyl/N-ethyl adjacent to an activating group) is 1. The molecule has 34 heavy (non-hydrogen) atoms. The summed E-state index contributed by atoms with van der Waals surface area (Å²) in [5.41, 5.74) is 6.15. The number of hydrogen-bond acceptors (Lipinski definition) is 6. The maximum Gasteiger partial charge on any atom is 0.433 e. The molecule has 1 atom stereocenters. The van der Waals surface area contributed by atoms with Gasteiger partial charge in [0.25, 0.3) is 0 Å². The number of nitrogens with one attached hydrogen (secondary N) is 1. The second-order valence-electron chi connectivity index (χ2n) is 8.25. The summed E-state index contributed by atoms with van der Waals surface area (Å²) in [5.74, 6) is 0.553. The highest BCUT2D eigenvalue weighted by Gasteiger charge is 2.40. The Balaban J connectivity index is 1.33. The van der Waals surface area contributed by atoms with Crippen LogP contribution in [0, 0.1) is 0 Å². The van der Waals surface area contributed by atoms with Crippen molar-refractivity contribution in [2.45, 2.75) is 38.7 Å². The molecule has 9 nitrogen and oxygen atoms in total. The SMILES string of the molecule is C[C@@H]1C2=C3C(=NC=CN3C(=O)C2)C(=NCc2cnn(Cc3ccc(C(F)(F)F)nc3)c2)NN1C. The lowest BCUT2D eigenvalue weighted by molar-refractivity contribution is -0.141. The van der Waals surface area contributed by atoms with Crippen molar-refractivity contribution >= 4 is 17.5 Å². The zero-order valence-corrected chi connectivity index (χ0v) is 18.4. The van der Waals surface area contributed by atoms with Crippen LogP contribution in [0.2, 0.25) is 0 Å². The van der Waals surface area contributed by atoms with Crippen molar-refractivity contribution in [1.82, 2.24) is 30.1 Å². The normalized spacial score (nSPS) is 21.6. The van der Waals surface area contributed by atoms with Gasteiger partial charge in [-0.1, -0.05) is 6.07 Å². The molecule has 12 heteroatoms. The maximum atomic E-state index is 12.7. The van der Waals surface area contributed by atoms with Crippen molar-refractivity contribution in [3.05, 3.63) is 71.2 Å². The van der Waals surface area contributed by atoms with E-state index in [4.69, 9.17) is 4.99 Å². The third-order valence-corrected chi connectivity index (χ3v) is 5.96. The Morgan fingerprint density at radius 3 is 2.79 bits per heavy atom. The van der Waals surface area contributed by atoms with Crippen molar-refractivity contribution in [3.8, 4) is 0 Å². The predicted octanol–water partition coefficient (Wildman–Crippen LogP) is 2.49. The molecule has 2 aromatic heterocycles. The van der Waals surface area contributed by atoms with E-state index in [-0.39, 0.29) is 18.5 Å². The number of alkyl halides is 3. The number of hydrazine groups is 1. The number of hydrogen-bond donors (Lipinski definition) is 1. The smallest absolute Gasteiger partial charge is 0.301 e. The largest absolute Gasteiger partial charge is 0.433 e. The van der Waals surface area contributed by atoms with Crippen LogP contribution in [0.15, 0.2) is 64.4 Å². The summed E-state index contributed by atoms with van der Waals surface area (Å²) in [6, 6.07) is 2.33. The summed E-state index contributed by atoms with van der Waals surface area (Å²) in [6.07, 6.45) is 3.77. The molecule has 3 aliphatic heterocycles. The number of amides is 1. The molecule has 0 saturated carbocycles. The summed E-state index contributed by atoms with van der Waals surface area (Å²) < 4.78 is 39.7. The number of halogens is 3. The van der Waals surface area contributed by atoms with Gasteiger partial charge >= 0.3 is 6.18 Å². The Bertz CT molecular complexity index is 1260. The molecule has 5 heterocycles. The first kappa shape index (κ1) is 22.0. The lowest BCUT2D eigenvalue weighted by atomic mass is 10.0. The van der Waals surface area contributed by atoms with Crippen molar-refractivity contribution in [2.75, 3.05) is 7.05 Å². The van der Waals surface area contributed by atoms with E-state index in [9.17, 15) is 18.0 Å². The standard InChI is InChI=1S/C22H21F3N8O/c1-13-16-7-18(34)33-6-5-26-19(20(16)33)21(30-31(13)2)28-9-15-10-29-32(12-15)11-14-3-4-17(27-8-14)22(23,24)25/h3-6,8,10,12-13H,7,9,11H2,1-2H3,(H,28,30)/t13-/m1/s1. The minimum Gasteiger partial charge on any atom is -0.301 e. The van der Waals surface area contributed by atoms with E-state index in [1.165, 1.54) is 12.3 Å². The number of carbonyl (C=O) groups is 1. The Morgan fingerprint density at radius 1 is 1.24 bits per heavy atom. The molecule has 176 valence electrons. The third kappa shape index (κ3) is 4.00. The Hall–Kier alpha value is -3.80. The van der Waals surface area contributed by atoms with Gasteiger partial charge in [0.2, 0.25) is 5.91 Å². The minimum atomic E-state index is -4.47. The van der Waals surface area contributed by atoms with Crippen molar-refractivity contribution in [1.29, 1.82) is 0 Å². The molecule has 0 bridgehead atoms. The van der Waals surface area contributed by atoms with Gasteiger partial charge in [-0.25, -0.2) is 10.0 Å². The average Bonchev–Trinajstić information content (AvgIpc) is 3.37. The van der Waals surface area contributed by atoms with Crippen LogP contribution in [-0.4, -0.2) is 55.2 Å². The second kappa shape index (κ2) is 8.20. The quantitative estimate of drug-likeness (QED) is 0.742. The van der Waals surface area contributed by atoms with Gasteiger partial charge in [0, 0.05) is 43.4 Å². The molecular weight excluding hydrogens is 449 g/mol. The number of rotatable bonds is 4. The summed E-state index contributed by atoms with van der Waals surface area (Å²) in [6.45, 7) is 2.60. The molecule has 0 aliphatic carbocycles. The highest BCUT2D eigenvalue weighted by Crippen LogP contribution is 2.33. The molecule has 2 aromatic rings. The fraction of sp³-hybridized carbons (Fsp3) is 0.318. The van der Waals surface area contributed by atoms with E-state index in [1.54, 1.807) is 34.4 Å². The van der Waals surface area contributed by atoms with Crippen LogP contribution in [-0.2, 0) is 24.1 Å². The summed E-state index contributed by atoms with van der Waals surface area (Å²) in [7, 11) is 1.89. The zero-order chi connectivity index (χ0) is 24.0. The number of aliphatic imine (C=N–C) groups is 2. The molecule has 0 unspecified atom stereocenters. The number of pyridine rings is 1. The van der Waals surface area contributed by atoms with Crippen LogP contribution >= 0.6 is 0 Å². The van der Waals surface area contributed by atoms with Gasteiger partial charge in [0.1, 0.15) is 11.4 Å². The maximum absolute atomic E-state index is 12.7. The Labute approximate surface area is 193 Å². The predicted molar refractivity (Wildman–Crippen MR) is 117 cm³/mol. The highest BCUT2D eigenvalue weighted by molar-refractivity contribution is 6.48. The summed E-state index contributed by atoms with van der Waals surface area (Å²) in [4.78, 5) is 26.7. The van der Waals surface area contributed by atoms with E-state index < -0.39 is 11.9 Å². The van der Waals surface area contributed by atoms with E-state index in [0.717, 1.165) is 22.9 Å². The fourth-order valence-electron chi connectivity index (χ4n) is 4.07. The van der Waals surface area contributed by atoms with Gasteiger partial charge in [-0.2, -0.15) is 18.3 Å². The van der Waals surface area contributed by atoms with Crippen molar-refractivity contribution in [2.24, 2.45) is 9.98 Å². The van der Waals surface area contributed by atoms with Crippen LogP contribution < -0.4 is 5.43 Å². The van der Waals surface area contributed by atoms with E-state index >= 15 is 0 Å². The van der Waals surface area contributed by atoms with E-state index in [1.807, 2.05) is 19.0 Å². The molecule has 1 N–H and O–H groups in total. The monoisotopic (exact) mass is 470 g/mol. The van der Waals surface area contributed by atoms with Gasteiger partial charge in [-0.3, -0.25) is 24.4 Å². The van der Waals surface area contributed by atoms with Gasteiger partial charge < -0.3 is 5.43 Å². The topological polar surface area (TPSA) is 91.0 Å². The second-order valence-corrected chi connectivity index (χ2v) is 8.25. The third-order valence-electron chi connectivity index (χ3n) is 5.96. The fourth-order valence-corrected chi connectivity index (χ4v) is 4.07. The average molecular weight is 470 g/mol. The molecule has 3 aliphatic rings. The van der Waals surface area contributed by atoms with Gasteiger partial charge in [-0.05, 0) is 24.1 Å². The molecule has 0 spiro atoms. The van der Waals surface area contributed by atoms with Crippen LogP contribution in [0.4, 0.5) is 13.2 Å². The molecule has 5 rings (SSSR count). The molecular formula is C22H21F3N8O. The van der Waals surface area contributed by atoms with Crippen LogP contribution in [0.25, 0.3) is 0 Å². The lowest BCUT2D eigenvalue weighted by Crippen LogP contribution is -2.46. The molecule has 0 fully saturated rings. The number of aromatic nitrogens is 3. The van der Waals surface area contributed by atoms with E-state index in [0.29, 0.717) is 30.1 Å². The molecule has 1 amide bonds. The molecule has 0 radical (unpaired) electrons. The van der Waals surface area contributed by atoms with Crippen LogP contribution in [0.3, 0.4) is 0 Å². The van der Waals surface area contributed by atoms with Crippen molar-refractivity contribution < 1.29 is 18.0 Å². The number of amidine groups is 1. The molecule has 0 saturated heterocycles. The highest BCUT2D eigenvalue weighted by atomic mass is 19.4. The van der Waals surface area contributed by atoms with Crippen LogP contribution in [0.5, 0.6) is 0 Å². The number of nitrogens with zero attached hydrogens (tertiary/aromatic N) is 7. The van der Waals surface area contributed by atoms with Gasteiger partial charge in [0.05, 0.1) is 31.4 Å².